The van der Waals surface area contributed by atoms with E-state index in [4.69, 9.17) is 14.2 Å². The van der Waals surface area contributed by atoms with Gasteiger partial charge in [0.2, 0.25) is 0 Å². The molecule has 35 heavy (non-hydrogen) atoms. The zero-order valence-corrected chi connectivity index (χ0v) is 19.7. The quantitative estimate of drug-likeness (QED) is 0.415. The summed E-state index contributed by atoms with van der Waals surface area (Å²) in [5, 5.41) is 8.66. The number of amides is 1. The number of aromatic nitrogens is 5. The zero-order valence-electron chi connectivity index (χ0n) is 19.7. The standard InChI is InChI=1S/C24H25N7O4/c1-33-18-6-4-17(5-7-18)31-23-21(27-28-31)22(25-15-26-23)29-8-10-30(11-9-29)24(32)16-12-19(34-2)14-20(13-16)35-3/h4-7,12-15H,8-11H2,1-3H3. The van der Waals surface area contributed by atoms with Crippen LogP contribution in [-0.4, -0.2) is 83.3 Å². The Morgan fingerprint density at radius 3 is 2.11 bits per heavy atom. The molecule has 0 spiro atoms. The number of hydrogen-bond acceptors (Lipinski definition) is 9. The number of nitrogens with zero attached hydrogens (tertiary/aromatic N) is 7. The van der Waals surface area contributed by atoms with E-state index in [1.807, 2.05) is 29.2 Å². The van der Waals surface area contributed by atoms with Gasteiger partial charge in [-0.3, -0.25) is 4.79 Å². The first kappa shape index (κ1) is 22.4. The van der Waals surface area contributed by atoms with Crippen LogP contribution < -0.4 is 19.1 Å². The maximum absolute atomic E-state index is 13.1. The molecule has 0 radical (unpaired) electrons. The Balaban J connectivity index is 1.34. The van der Waals surface area contributed by atoms with E-state index in [2.05, 4.69) is 25.2 Å². The third-order valence-electron chi connectivity index (χ3n) is 6.00. The second-order valence-electron chi connectivity index (χ2n) is 7.95. The van der Waals surface area contributed by atoms with E-state index in [1.165, 1.54) is 6.33 Å². The summed E-state index contributed by atoms with van der Waals surface area (Å²) >= 11 is 0. The molecule has 11 nitrogen and oxygen atoms in total. The predicted octanol–water partition coefficient (Wildman–Crippen LogP) is 2.20. The molecule has 0 saturated carbocycles. The first-order chi connectivity index (χ1) is 17.1. The fourth-order valence-corrected chi connectivity index (χ4v) is 4.10. The van der Waals surface area contributed by atoms with Crippen molar-refractivity contribution in [2.24, 2.45) is 0 Å². The number of hydrogen-bond donors (Lipinski definition) is 0. The number of piperazine rings is 1. The van der Waals surface area contributed by atoms with Gasteiger partial charge in [-0.1, -0.05) is 5.21 Å². The van der Waals surface area contributed by atoms with Gasteiger partial charge in [0.25, 0.3) is 5.91 Å². The fraction of sp³-hybridized carbons (Fsp3) is 0.292. The van der Waals surface area contributed by atoms with Crippen molar-refractivity contribution >= 4 is 22.9 Å². The van der Waals surface area contributed by atoms with Crippen LogP contribution in [-0.2, 0) is 0 Å². The van der Waals surface area contributed by atoms with Crippen molar-refractivity contribution in [2.45, 2.75) is 0 Å². The Hall–Kier alpha value is -4.41. The Morgan fingerprint density at radius 2 is 1.49 bits per heavy atom. The van der Waals surface area contributed by atoms with Gasteiger partial charge in [-0.2, -0.15) is 4.68 Å². The fourth-order valence-electron chi connectivity index (χ4n) is 4.10. The second kappa shape index (κ2) is 9.45. The van der Waals surface area contributed by atoms with Crippen LogP contribution in [0.5, 0.6) is 17.2 Å². The van der Waals surface area contributed by atoms with Gasteiger partial charge in [0.15, 0.2) is 17.0 Å². The minimum Gasteiger partial charge on any atom is -0.497 e. The summed E-state index contributed by atoms with van der Waals surface area (Å²) < 4.78 is 17.5. The molecule has 180 valence electrons. The van der Waals surface area contributed by atoms with Crippen molar-refractivity contribution in [1.82, 2.24) is 29.9 Å². The van der Waals surface area contributed by atoms with E-state index < -0.39 is 0 Å². The summed E-state index contributed by atoms with van der Waals surface area (Å²) in [5.41, 5.74) is 2.58. The second-order valence-corrected chi connectivity index (χ2v) is 7.95. The summed E-state index contributed by atoms with van der Waals surface area (Å²) in [5.74, 6) is 2.54. The minimum absolute atomic E-state index is 0.0693. The highest BCUT2D eigenvalue weighted by Crippen LogP contribution is 2.26. The van der Waals surface area contributed by atoms with Crippen molar-refractivity contribution in [1.29, 1.82) is 0 Å². The molecule has 11 heteroatoms. The lowest BCUT2D eigenvalue weighted by Crippen LogP contribution is -2.49. The van der Waals surface area contributed by atoms with E-state index in [0.717, 1.165) is 11.4 Å². The Kier molecular flexibility index (Phi) is 6.04. The number of methoxy groups -OCH3 is 3. The summed E-state index contributed by atoms with van der Waals surface area (Å²) in [7, 11) is 4.75. The highest BCUT2D eigenvalue weighted by Gasteiger charge is 2.26. The molecular formula is C24H25N7O4. The summed E-state index contributed by atoms with van der Waals surface area (Å²) in [6.45, 7) is 2.29. The van der Waals surface area contributed by atoms with Crippen LogP contribution in [0.25, 0.3) is 16.9 Å². The molecule has 5 rings (SSSR count). The molecule has 0 N–H and O–H groups in total. The van der Waals surface area contributed by atoms with Crippen molar-refractivity contribution in [2.75, 3.05) is 52.4 Å². The van der Waals surface area contributed by atoms with Gasteiger partial charge in [-0.25, -0.2) is 9.97 Å². The molecule has 2 aromatic carbocycles. The molecule has 0 bridgehead atoms. The van der Waals surface area contributed by atoms with Crippen LogP contribution in [0.3, 0.4) is 0 Å². The minimum atomic E-state index is -0.0693. The molecule has 4 aromatic rings. The van der Waals surface area contributed by atoms with E-state index in [0.29, 0.717) is 60.2 Å². The summed E-state index contributed by atoms with van der Waals surface area (Å²) in [4.78, 5) is 25.9. The maximum atomic E-state index is 13.1. The number of ether oxygens (including phenoxy) is 3. The average Bonchev–Trinajstić information content (AvgIpc) is 3.37. The van der Waals surface area contributed by atoms with Gasteiger partial charge < -0.3 is 24.0 Å². The Bertz CT molecular complexity index is 1330. The zero-order chi connectivity index (χ0) is 24.4. The highest BCUT2D eigenvalue weighted by molar-refractivity contribution is 5.95. The molecule has 1 saturated heterocycles. The molecule has 1 aliphatic heterocycles. The van der Waals surface area contributed by atoms with Crippen molar-refractivity contribution in [3.05, 3.63) is 54.4 Å². The van der Waals surface area contributed by atoms with Gasteiger partial charge in [0, 0.05) is 37.8 Å². The van der Waals surface area contributed by atoms with E-state index >= 15 is 0 Å². The van der Waals surface area contributed by atoms with Crippen LogP contribution in [0, 0.1) is 0 Å². The van der Waals surface area contributed by atoms with E-state index in [9.17, 15) is 4.79 Å². The van der Waals surface area contributed by atoms with Gasteiger partial charge in [-0.05, 0) is 36.4 Å². The highest BCUT2D eigenvalue weighted by atomic mass is 16.5. The summed E-state index contributed by atoms with van der Waals surface area (Å²) in [6.07, 6.45) is 1.51. The van der Waals surface area contributed by atoms with Crippen LogP contribution >= 0.6 is 0 Å². The Labute approximate surface area is 201 Å². The maximum Gasteiger partial charge on any atom is 0.254 e. The lowest BCUT2D eigenvalue weighted by atomic mass is 10.1. The van der Waals surface area contributed by atoms with Gasteiger partial charge >= 0.3 is 0 Å². The number of benzene rings is 2. The molecular weight excluding hydrogens is 450 g/mol. The number of fused-ring (bicyclic) bond motifs is 1. The Morgan fingerprint density at radius 1 is 0.829 bits per heavy atom. The van der Waals surface area contributed by atoms with Gasteiger partial charge in [0.1, 0.15) is 23.6 Å². The number of anilines is 1. The lowest BCUT2D eigenvalue weighted by Gasteiger charge is -2.35. The molecule has 1 fully saturated rings. The SMILES string of the molecule is COc1ccc(-n2nnc3c(N4CCN(C(=O)c5cc(OC)cc(OC)c5)CC4)ncnc32)cc1. The molecule has 0 aliphatic carbocycles. The van der Waals surface area contributed by atoms with Crippen LogP contribution in [0.2, 0.25) is 0 Å². The van der Waals surface area contributed by atoms with Gasteiger partial charge in [0.05, 0.1) is 27.0 Å². The third kappa shape index (κ3) is 4.27. The number of rotatable bonds is 6. The van der Waals surface area contributed by atoms with Gasteiger partial charge in [-0.15, -0.1) is 5.10 Å². The molecule has 0 atom stereocenters. The van der Waals surface area contributed by atoms with Crippen molar-refractivity contribution in [3.8, 4) is 22.9 Å². The van der Waals surface area contributed by atoms with Crippen LogP contribution in [0.4, 0.5) is 5.82 Å². The van der Waals surface area contributed by atoms with Crippen molar-refractivity contribution in [3.63, 3.8) is 0 Å². The van der Waals surface area contributed by atoms with E-state index in [-0.39, 0.29) is 5.91 Å². The lowest BCUT2D eigenvalue weighted by molar-refractivity contribution is 0.0746. The van der Waals surface area contributed by atoms with Crippen molar-refractivity contribution < 1.29 is 19.0 Å². The summed E-state index contributed by atoms with van der Waals surface area (Å²) in [6, 6.07) is 12.7. The topological polar surface area (TPSA) is 108 Å². The van der Waals surface area contributed by atoms with Crippen LogP contribution in [0.1, 0.15) is 10.4 Å². The number of carbonyl (C=O) groups excluding carboxylic acids is 1. The first-order valence-corrected chi connectivity index (χ1v) is 11.1. The normalized spacial score (nSPS) is 13.7. The predicted molar refractivity (Wildman–Crippen MR) is 129 cm³/mol. The van der Waals surface area contributed by atoms with Crippen LogP contribution in [0.15, 0.2) is 48.8 Å². The number of carbonyl (C=O) groups is 1. The molecule has 0 unspecified atom stereocenters. The molecule has 1 aliphatic rings. The average molecular weight is 476 g/mol. The first-order valence-electron chi connectivity index (χ1n) is 11.1. The molecule has 1 amide bonds. The van der Waals surface area contributed by atoms with E-state index in [1.54, 1.807) is 44.2 Å². The third-order valence-corrected chi connectivity index (χ3v) is 6.00. The largest absolute Gasteiger partial charge is 0.497 e. The smallest absolute Gasteiger partial charge is 0.254 e. The monoisotopic (exact) mass is 475 g/mol. The molecule has 3 heterocycles. The molecule has 2 aromatic heterocycles.